The molecule has 0 radical (unpaired) electrons. The van der Waals surface area contributed by atoms with E-state index in [2.05, 4.69) is 26.8 Å². The molecule has 184 valence electrons. The summed E-state index contributed by atoms with van der Waals surface area (Å²) in [5.74, 6) is 0.823. The van der Waals surface area contributed by atoms with Crippen molar-refractivity contribution in [2.75, 3.05) is 10.0 Å². The second-order valence-corrected chi connectivity index (χ2v) is 9.55. The fraction of sp³-hybridized carbons (Fsp3) is 0.0800. The van der Waals surface area contributed by atoms with Crippen LogP contribution < -0.4 is 14.8 Å². The van der Waals surface area contributed by atoms with Crippen molar-refractivity contribution in [1.29, 1.82) is 0 Å². The van der Waals surface area contributed by atoms with Crippen LogP contribution in [0, 0.1) is 0 Å². The molecule has 2 aromatic carbocycles. The molecule has 1 amide bonds. The second kappa shape index (κ2) is 11.1. The number of sulfonamides is 1. The fourth-order valence-corrected chi connectivity index (χ4v) is 4.27. The van der Waals surface area contributed by atoms with E-state index in [0.717, 1.165) is 5.56 Å². The van der Waals surface area contributed by atoms with Crippen LogP contribution >= 0.6 is 11.6 Å². The van der Waals surface area contributed by atoms with E-state index in [1.54, 1.807) is 18.2 Å². The van der Waals surface area contributed by atoms with Crippen LogP contribution in [0.2, 0.25) is 5.15 Å². The number of halogens is 1. The lowest BCUT2D eigenvalue weighted by atomic mass is 10.1. The van der Waals surface area contributed by atoms with Gasteiger partial charge in [-0.2, -0.15) is 0 Å². The minimum Gasteiger partial charge on any atom is -0.485 e. The summed E-state index contributed by atoms with van der Waals surface area (Å²) in [6.07, 6.45) is 2.47. The Kier molecular flexibility index (Phi) is 7.67. The molecule has 0 aliphatic rings. The highest BCUT2D eigenvalue weighted by Gasteiger charge is 2.17. The first-order valence-corrected chi connectivity index (χ1v) is 12.5. The Bertz CT molecular complexity index is 1470. The van der Waals surface area contributed by atoms with Crippen LogP contribution in [0.4, 0.5) is 11.5 Å². The van der Waals surface area contributed by atoms with E-state index < -0.39 is 15.9 Å². The van der Waals surface area contributed by atoms with Gasteiger partial charge in [-0.25, -0.2) is 8.42 Å². The Labute approximate surface area is 212 Å². The van der Waals surface area contributed by atoms with Gasteiger partial charge < -0.3 is 14.5 Å². The third-order valence-electron chi connectivity index (χ3n) is 4.89. The molecule has 11 heteroatoms. The van der Waals surface area contributed by atoms with Crippen LogP contribution in [0.3, 0.4) is 0 Å². The van der Waals surface area contributed by atoms with Crippen molar-refractivity contribution in [3.05, 3.63) is 108 Å². The van der Waals surface area contributed by atoms with Crippen LogP contribution in [0.1, 0.15) is 21.9 Å². The first kappa shape index (κ1) is 25.0. The van der Waals surface area contributed by atoms with Crippen molar-refractivity contribution >= 4 is 39.0 Å². The third-order valence-corrected chi connectivity index (χ3v) is 6.46. The monoisotopic (exact) mass is 524 g/mol. The van der Waals surface area contributed by atoms with E-state index in [9.17, 15) is 13.2 Å². The van der Waals surface area contributed by atoms with E-state index in [1.807, 2.05) is 24.3 Å². The van der Waals surface area contributed by atoms with Gasteiger partial charge in [0, 0.05) is 5.69 Å². The summed E-state index contributed by atoms with van der Waals surface area (Å²) in [5, 5.41) is 10.1. The Morgan fingerprint density at radius 1 is 1.03 bits per heavy atom. The van der Waals surface area contributed by atoms with E-state index >= 15 is 0 Å². The standard InChI is InChI=1S/C25H21ClN4O5S/c1-2-5-17-6-3-4-7-21(17)34-16-19-10-13-22(35-19)25(31)27-18-8-11-20(12-9-18)36(32,33)30-24-15-14-23(26)28-29-24/h2-4,6-15H,1,5,16H2,(H,27,31)(H,29,30). The third kappa shape index (κ3) is 6.29. The highest BCUT2D eigenvalue weighted by Crippen LogP contribution is 2.22. The van der Waals surface area contributed by atoms with Crippen LogP contribution in [0.15, 0.2) is 94.8 Å². The van der Waals surface area contributed by atoms with Gasteiger partial charge in [-0.15, -0.1) is 16.8 Å². The van der Waals surface area contributed by atoms with Gasteiger partial charge >= 0.3 is 0 Å². The number of nitrogens with zero attached hydrogens (tertiary/aromatic N) is 2. The number of hydrogen-bond acceptors (Lipinski definition) is 7. The maximum Gasteiger partial charge on any atom is 0.291 e. The Morgan fingerprint density at radius 3 is 2.53 bits per heavy atom. The molecule has 0 unspecified atom stereocenters. The fourth-order valence-electron chi connectivity index (χ4n) is 3.17. The Hall–Kier alpha value is -4.15. The lowest BCUT2D eigenvalue weighted by Crippen LogP contribution is -2.15. The minimum absolute atomic E-state index is 0.0218. The smallest absolute Gasteiger partial charge is 0.291 e. The van der Waals surface area contributed by atoms with E-state index in [-0.39, 0.29) is 28.2 Å². The van der Waals surface area contributed by atoms with Crippen LogP contribution in [0.5, 0.6) is 5.75 Å². The average molecular weight is 525 g/mol. The van der Waals surface area contributed by atoms with E-state index in [0.29, 0.717) is 23.6 Å². The predicted molar refractivity (Wildman–Crippen MR) is 136 cm³/mol. The van der Waals surface area contributed by atoms with E-state index in [1.165, 1.54) is 36.4 Å². The number of carbonyl (C=O) groups excluding carboxylic acids is 1. The number of rotatable bonds is 10. The first-order valence-electron chi connectivity index (χ1n) is 10.7. The molecule has 0 spiro atoms. The summed E-state index contributed by atoms with van der Waals surface area (Å²) >= 11 is 5.66. The number of benzene rings is 2. The number of amides is 1. The van der Waals surface area contributed by atoms with Crippen molar-refractivity contribution in [2.45, 2.75) is 17.9 Å². The number of allylic oxidation sites excluding steroid dienone is 1. The molecule has 0 saturated heterocycles. The van der Waals surface area contributed by atoms with Crippen LogP contribution in [-0.4, -0.2) is 24.5 Å². The number of carbonyl (C=O) groups is 1. The lowest BCUT2D eigenvalue weighted by Gasteiger charge is -2.09. The molecular formula is C25H21ClN4O5S. The number of hydrogen-bond donors (Lipinski definition) is 2. The SMILES string of the molecule is C=CCc1ccccc1OCc1ccc(C(=O)Nc2ccc(S(=O)(=O)Nc3ccc(Cl)nn3)cc2)o1. The molecule has 2 heterocycles. The molecule has 0 bridgehead atoms. The maximum absolute atomic E-state index is 12.6. The number of ether oxygens (including phenoxy) is 1. The summed E-state index contributed by atoms with van der Waals surface area (Å²) in [6.45, 7) is 3.90. The number of para-hydroxylation sites is 1. The van der Waals surface area contributed by atoms with Crippen LogP contribution in [0.25, 0.3) is 0 Å². The van der Waals surface area contributed by atoms with Gasteiger partial charge in [0.05, 0.1) is 4.90 Å². The first-order chi connectivity index (χ1) is 17.3. The molecule has 0 atom stereocenters. The molecule has 0 fully saturated rings. The van der Waals surface area contributed by atoms with Crippen molar-refractivity contribution < 1.29 is 22.4 Å². The summed E-state index contributed by atoms with van der Waals surface area (Å²) in [6, 6.07) is 19.2. The molecular weight excluding hydrogens is 504 g/mol. The summed E-state index contributed by atoms with van der Waals surface area (Å²) in [4.78, 5) is 12.6. The molecule has 0 aliphatic carbocycles. The topological polar surface area (TPSA) is 123 Å². The highest BCUT2D eigenvalue weighted by molar-refractivity contribution is 7.92. The summed E-state index contributed by atoms with van der Waals surface area (Å²) in [7, 11) is -3.90. The highest BCUT2D eigenvalue weighted by atomic mass is 35.5. The molecule has 4 rings (SSSR count). The predicted octanol–water partition coefficient (Wildman–Crippen LogP) is 5.08. The number of nitrogens with one attached hydrogen (secondary N) is 2. The van der Waals surface area contributed by atoms with Gasteiger partial charge in [-0.3, -0.25) is 9.52 Å². The molecule has 36 heavy (non-hydrogen) atoms. The average Bonchev–Trinajstić information content (AvgIpc) is 3.35. The summed E-state index contributed by atoms with van der Waals surface area (Å²) < 4.78 is 38.8. The second-order valence-electron chi connectivity index (χ2n) is 7.48. The molecule has 9 nitrogen and oxygen atoms in total. The van der Waals surface area contributed by atoms with Gasteiger partial charge in [0.15, 0.2) is 16.7 Å². The molecule has 4 aromatic rings. The largest absolute Gasteiger partial charge is 0.485 e. The normalized spacial score (nSPS) is 11.0. The van der Waals surface area contributed by atoms with Gasteiger partial charge in [-0.1, -0.05) is 35.9 Å². The van der Waals surface area contributed by atoms with Gasteiger partial charge in [-0.05, 0) is 66.6 Å². The zero-order chi connectivity index (χ0) is 25.5. The maximum atomic E-state index is 12.6. The summed E-state index contributed by atoms with van der Waals surface area (Å²) in [5.41, 5.74) is 1.39. The Morgan fingerprint density at radius 2 is 1.81 bits per heavy atom. The van der Waals surface area contributed by atoms with Crippen molar-refractivity contribution in [1.82, 2.24) is 10.2 Å². The van der Waals surface area contributed by atoms with Crippen LogP contribution in [-0.2, 0) is 23.1 Å². The van der Waals surface area contributed by atoms with Gasteiger partial charge in [0.25, 0.3) is 15.9 Å². The van der Waals surface area contributed by atoms with Gasteiger partial charge in [0.2, 0.25) is 0 Å². The zero-order valence-electron chi connectivity index (χ0n) is 18.8. The quantitative estimate of drug-likeness (QED) is 0.277. The number of anilines is 2. The molecule has 2 N–H and O–H groups in total. The lowest BCUT2D eigenvalue weighted by molar-refractivity contribution is 0.0992. The molecule has 0 aliphatic heterocycles. The van der Waals surface area contributed by atoms with Crippen molar-refractivity contribution in [3.63, 3.8) is 0 Å². The zero-order valence-corrected chi connectivity index (χ0v) is 20.4. The minimum atomic E-state index is -3.90. The van der Waals surface area contributed by atoms with Gasteiger partial charge in [0.1, 0.15) is 18.1 Å². The number of furan rings is 1. The molecule has 2 aromatic heterocycles. The van der Waals surface area contributed by atoms with E-state index in [4.69, 9.17) is 20.8 Å². The number of aromatic nitrogens is 2. The van der Waals surface area contributed by atoms with Crippen molar-refractivity contribution in [2.24, 2.45) is 0 Å². The molecule has 0 saturated carbocycles. The van der Waals surface area contributed by atoms with Crippen molar-refractivity contribution in [3.8, 4) is 5.75 Å². The Balaban J connectivity index is 1.36.